The third-order valence-electron chi connectivity index (χ3n) is 2.79. The molecule has 0 spiro atoms. The molecule has 0 saturated carbocycles. The lowest BCUT2D eigenvalue weighted by molar-refractivity contribution is 0.475. The summed E-state index contributed by atoms with van der Waals surface area (Å²) in [4.78, 5) is 1.11. The van der Waals surface area contributed by atoms with Crippen LogP contribution < -0.4 is 4.72 Å². The molecule has 1 aromatic heterocycles. The Labute approximate surface area is 151 Å². The maximum absolute atomic E-state index is 5.59. The highest BCUT2D eigenvalue weighted by atomic mass is 79.9. The van der Waals surface area contributed by atoms with E-state index in [1.54, 1.807) is 7.11 Å². The third kappa shape index (κ3) is 6.57. The first kappa shape index (κ1) is 20.1. The van der Waals surface area contributed by atoms with E-state index in [-0.39, 0.29) is 0 Å². The number of nitrogens with zero attached hydrogens (tertiary/aromatic N) is 2. The number of aryl methyl sites for hydroxylation is 2. The average molecular weight is 401 g/mol. The zero-order chi connectivity index (χ0) is 17.2. The van der Waals surface area contributed by atoms with E-state index in [9.17, 15) is 0 Å². The number of hydrogen-bond donors (Lipinski definition) is 1. The molecule has 1 atom stereocenters. The van der Waals surface area contributed by atoms with Gasteiger partial charge in [-0.3, -0.25) is 4.68 Å². The Hall–Kier alpha value is -0.980. The Morgan fingerprint density at radius 2 is 1.83 bits per heavy atom. The molecule has 1 heterocycles. The summed E-state index contributed by atoms with van der Waals surface area (Å²) < 4.78 is 11.9. The molecule has 4 nitrogen and oxygen atoms in total. The average Bonchev–Trinajstić information content (AvgIpc) is 2.87. The van der Waals surface area contributed by atoms with E-state index in [1.807, 2.05) is 30.1 Å². The molecule has 0 aliphatic heterocycles. The van der Waals surface area contributed by atoms with Gasteiger partial charge in [0.25, 0.3) is 0 Å². The van der Waals surface area contributed by atoms with Gasteiger partial charge in [0, 0.05) is 23.7 Å². The fraction of sp³-hybridized carbons (Fsp3) is 0.471. The van der Waals surface area contributed by atoms with Crippen molar-refractivity contribution in [2.45, 2.75) is 44.9 Å². The predicted molar refractivity (Wildman–Crippen MR) is 104 cm³/mol. The molecule has 0 amide bonds. The molecule has 1 unspecified atom stereocenters. The molecule has 0 aliphatic carbocycles. The fourth-order valence-electron chi connectivity index (χ4n) is 1.90. The van der Waals surface area contributed by atoms with Crippen LogP contribution in [0.4, 0.5) is 5.69 Å². The van der Waals surface area contributed by atoms with Crippen molar-refractivity contribution in [3.8, 4) is 0 Å². The molecule has 1 aromatic carbocycles. The van der Waals surface area contributed by atoms with Gasteiger partial charge in [-0.25, -0.2) is 0 Å². The van der Waals surface area contributed by atoms with E-state index in [1.165, 1.54) is 6.42 Å². The summed E-state index contributed by atoms with van der Waals surface area (Å²) in [6.07, 6.45) is 5.29. The highest BCUT2D eigenvalue weighted by Gasteiger charge is 2.26. The summed E-state index contributed by atoms with van der Waals surface area (Å²) in [6, 6.07) is 8.15. The van der Waals surface area contributed by atoms with Gasteiger partial charge in [0.1, 0.15) is 5.69 Å². The number of rotatable bonds is 6. The minimum Gasteiger partial charge on any atom is -0.273 e. The van der Waals surface area contributed by atoms with Crippen LogP contribution in [0.5, 0.6) is 0 Å². The molecule has 0 bridgehead atoms. The van der Waals surface area contributed by atoms with Crippen molar-refractivity contribution in [3.05, 3.63) is 40.6 Å². The molecule has 1 N–H and O–H groups in total. The monoisotopic (exact) mass is 400 g/mol. The lowest BCUT2D eigenvalue weighted by atomic mass is 10.2. The molecule has 128 valence electrons. The molecule has 2 aromatic rings. The van der Waals surface area contributed by atoms with Crippen molar-refractivity contribution < 1.29 is 4.18 Å². The van der Waals surface area contributed by atoms with Crippen LogP contribution >= 0.6 is 15.9 Å². The first-order chi connectivity index (χ1) is 11.0. The second kappa shape index (κ2) is 10.7. The van der Waals surface area contributed by atoms with Gasteiger partial charge in [-0.2, -0.15) is 9.82 Å². The van der Waals surface area contributed by atoms with Gasteiger partial charge >= 0.3 is 11.4 Å². The molecule has 0 fully saturated rings. The van der Waals surface area contributed by atoms with Gasteiger partial charge in [-0.05, 0) is 18.6 Å². The van der Waals surface area contributed by atoms with Crippen LogP contribution in [0.3, 0.4) is 0 Å². The van der Waals surface area contributed by atoms with E-state index in [2.05, 4.69) is 58.7 Å². The standard InChI is InChI=1S/C14H19BrN3OS.C3H8/c1-4-5-13-14(10-18(2)16-13)17-20(19-3)12-8-6-11(15)7-9-12;1-3-2/h6-10,17H,4-5H2,1-3H3;3H2,1-2H3/q+1;. The van der Waals surface area contributed by atoms with Crippen LogP contribution in [-0.4, -0.2) is 16.9 Å². The molecule has 2 rings (SSSR count). The van der Waals surface area contributed by atoms with Crippen LogP contribution in [0, 0.1) is 0 Å². The minimum atomic E-state index is -0.479. The molecular weight excluding hydrogens is 374 g/mol. The lowest BCUT2D eigenvalue weighted by Gasteiger charge is -2.05. The van der Waals surface area contributed by atoms with Crippen LogP contribution in [-0.2, 0) is 29.0 Å². The Kier molecular flexibility index (Phi) is 9.36. The third-order valence-corrected chi connectivity index (χ3v) is 4.76. The zero-order valence-corrected chi connectivity index (χ0v) is 17.0. The number of aromatic nitrogens is 2. The summed E-state index contributed by atoms with van der Waals surface area (Å²) in [6.45, 7) is 6.41. The van der Waals surface area contributed by atoms with Gasteiger partial charge in [-0.15, -0.1) is 4.18 Å². The summed E-state index contributed by atoms with van der Waals surface area (Å²) >= 11 is 2.97. The summed E-state index contributed by atoms with van der Waals surface area (Å²) in [5, 5.41) is 4.49. The van der Waals surface area contributed by atoms with Crippen LogP contribution in [0.15, 0.2) is 39.8 Å². The molecular formula is C17H27BrN3OS+. The summed E-state index contributed by atoms with van der Waals surface area (Å²) in [5.74, 6) is 0. The molecule has 23 heavy (non-hydrogen) atoms. The highest BCUT2D eigenvalue weighted by Crippen LogP contribution is 2.23. The topological polar surface area (TPSA) is 39.1 Å². The predicted octanol–water partition coefficient (Wildman–Crippen LogP) is 5.12. The van der Waals surface area contributed by atoms with E-state index in [0.29, 0.717) is 0 Å². The Morgan fingerprint density at radius 1 is 1.22 bits per heavy atom. The largest absolute Gasteiger partial charge is 0.305 e. The number of anilines is 1. The van der Waals surface area contributed by atoms with Crippen molar-refractivity contribution in [1.29, 1.82) is 0 Å². The van der Waals surface area contributed by atoms with E-state index >= 15 is 0 Å². The summed E-state index contributed by atoms with van der Waals surface area (Å²) in [5.41, 5.74) is 2.13. The quantitative estimate of drug-likeness (QED) is 0.683. The zero-order valence-electron chi connectivity index (χ0n) is 14.6. The second-order valence-corrected chi connectivity index (χ2v) is 7.57. The van der Waals surface area contributed by atoms with Crippen LogP contribution in [0.1, 0.15) is 39.3 Å². The van der Waals surface area contributed by atoms with Gasteiger partial charge < -0.3 is 0 Å². The summed E-state index contributed by atoms with van der Waals surface area (Å²) in [7, 11) is 3.66. The maximum atomic E-state index is 5.59. The van der Waals surface area contributed by atoms with Gasteiger partial charge in [0.15, 0.2) is 0 Å². The van der Waals surface area contributed by atoms with Crippen LogP contribution in [0.25, 0.3) is 0 Å². The first-order valence-electron chi connectivity index (χ1n) is 7.89. The van der Waals surface area contributed by atoms with Gasteiger partial charge in [-0.1, -0.05) is 49.5 Å². The number of halogens is 1. The minimum absolute atomic E-state index is 0.479. The Bertz CT molecular complexity index is 572. The number of nitrogens with one attached hydrogen (secondary N) is 1. The van der Waals surface area contributed by atoms with Crippen molar-refractivity contribution in [2.75, 3.05) is 11.8 Å². The molecule has 0 aliphatic rings. The van der Waals surface area contributed by atoms with Crippen molar-refractivity contribution >= 4 is 33.0 Å². The molecule has 6 heteroatoms. The van der Waals surface area contributed by atoms with Crippen molar-refractivity contribution in [2.24, 2.45) is 7.05 Å². The molecule has 0 radical (unpaired) electrons. The van der Waals surface area contributed by atoms with E-state index < -0.39 is 11.4 Å². The Morgan fingerprint density at radius 3 is 2.35 bits per heavy atom. The first-order valence-corrected chi connectivity index (χ1v) is 9.83. The maximum Gasteiger partial charge on any atom is 0.305 e. The lowest BCUT2D eigenvalue weighted by Crippen LogP contribution is -2.16. The van der Waals surface area contributed by atoms with E-state index in [4.69, 9.17) is 4.18 Å². The normalized spacial score (nSPS) is 11.6. The van der Waals surface area contributed by atoms with E-state index in [0.717, 1.165) is 33.6 Å². The number of benzene rings is 1. The van der Waals surface area contributed by atoms with Crippen molar-refractivity contribution in [3.63, 3.8) is 0 Å². The van der Waals surface area contributed by atoms with Gasteiger partial charge in [0.2, 0.25) is 4.90 Å². The van der Waals surface area contributed by atoms with Crippen LogP contribution in [0.2, 0.25) is 0 Å². The molecule has 0 saturated heterocycles. The van der Waals surface area contributed by atoms with Crippen molar-refractivity contribution in [1.82, 2.24) is 9.78 Å². The highest BCUT2D eigenvalue weighted by molar-refractivity contribution is 9.10. The smallest absolute Gasteiger partial charge is 0.273 e. The fourth-order valence-corrected chi connectivity index (χ4v) is 3.31. The second-order valence-electron chi connectivity index (χ2n) is 5.11. The Balaban J connectivity index is 0.000000816. The van der Waals surface area contributed by atoms with Gasteiger partial charge in [0.05, 0.1) is 19.0 Å². The number of hydrogen-bond acceptors (Lipinski definition) is 3. The SMILES string of the molecule is CCC.CCCc1nn(C)cc1N[S+](OC)c1ccc(Br)cc1.